The van der Waals surface area contributed by atoms with E-state index in [0.29, 0.717) is 33.7 Å². The number of aromatic nitrogens is 1. The predicted molar refractivity (Wildman–Crippen MR) is 125 cm³/mol. The second-order valence-corrected chi connectivity index (χ2v) is 9.87. The summed E-state index contributed by atoms with van der Waals surface area (Å²) in [5.74, 6) is 0.671. The van der Waals surface area contributed by atoms with Gasteiger partial charge in [-0.1, -0.05) is 11.6 Å². The van der Waals surface area contributed by atoms with Gasteiger partial charge in [0.2, 0.25) is 0 Å². The zero-order chi connectivity index (χ0) is 22.3. The first kappa shape index (κ1) is 22.2. The zero-order valence-corrected chi connectivity index (χ0v) is 19.1. The van der Waals surface area contributed by atoms with Gasteiger partial charge in [0.25, 0.3) is 0 Å². The number of rotatable bonds is 4. The molecule has 0 saturated carbocycles. The van der Waals surface area contributed by atoms with E-state index in [2.05, 4.69) is 42.9 Å². The molecular weight excluding hydrogens is 398 g/mol. The van der Waals surface area contributed by atoms with E-state index in [1.165, 1.54) is 0 Å². The third-order valence-corrected chi connectivity index (χ3v) is 6.00. The standard InChI is InChI=1S/C23H32ClN5O/c1-22(2)12-14(13-23(3,4)28-22)29(5)21(26)7-6-18(25)16-10-15-17(24)8-9-27-19(15)11-20(16)30/h6-11,14,28,30H,12-13,25-26H2,1-5H3/b18-6-,21-7+. The molecule has 1 aromatic carbocycles. The maximum Gasteiger partial charge on any atom is 0.127 e. The summed E-state index contributed by atoms with van der Waals surface area (Å²) in [6.07, 6.45) is 7.07. The van der Waals surface area contributed by atoms with E-state index in [-0.39, 0.29) is 16.8 Å². The van der Waals surface area contributed by atoms with Crippen molar-refractivity contribution in [3.63, 3.8) is 0 Å². The molecule has 0 radical (unpaired) electrons. The van der Waals surface area contributed by atoms with Crippen molar-refractivity contribution in [2.45, 2.75) is 57.7 Å². The van der Waals surface area contributed by atoms with Gasteiger partial charge in [0.05, 0.1) is 16.4 Å². The molecule has 1 saturated heterocycles. The second kappa shape index (κ2) is 8.00. The van der Waals surface area contributed by atoms with Crippen LogP contribution in [-0.4, -0.2) is 39.2 Å². The number of nitrogens with zero attached hydrogens (tertiary/aromatic N) is 2. The molecule has 0 bridgehead atoms. The van der Waals surface area contributed by atoms with E-state index >= 15 is 0 Å². The fraction of sp³-hybridized carbons (Fsp3) is 0.435. The molecule has 3 rings (SSSR count). The minimum Gasteiger partial charge on any atom is -0.507 e. The van der Waals surface area contributed by atoms with Crippen LogP contribution in [0, 0.1) is 0 Å². The summed E-state index contributed by atoms with van der Waals surface area (Å²) in [6.45, 7) is 8.87. The van der Waals surface area contributed by atoms with Crippen LogP contribution in [0.5, 0.6) is 5.75 Å². The average Bonchev–Trinajstić information content (AvgIpc) is 2.62. The molecule has 1 fully saturated rings. The Balaban J connectivity index is 1.85. The number of benzene rings is 1. The number of halogens is 1. The fourth-order valence-electron chi connectivity index (χ4n) is 4.51. The molecule has 0 atom stereocenters. The Kier molecular flexibility index (Phi) is 5.94. The second-order valence-electron chi connectivity index (χ2n) is 9.46. The highest BCUT2D eigenvalue weighted by Gasteiger charge is 2.39. The number of piperidine rings is 1. The van der Waals surface area contributed by atoms with Crippen molar-refractivity contribution in [1.29, 1.82) is 0 Å². The van der Waals surface area contributed by atoms with Gasteiger partial charge in [0.15, 0.2) is 0 Å². The average molecular weight is 430 g/mol. The van der Waals surface area contributed by atoms with Crippen LogP contribution < -0.4 is 16.8 Å². The molecule has 0 amide bonds. The van der Waals surface area contributed by atoms with Crippen LogP contribution in [0.2, 0.25) is 5.02 Å². The Morgan fingerprint density at radius 3 is 2.47 bits per heavy atom. The fourth-order valence-corrected chi connectivity index (χ4v) is 4.72. The minimum absolute atomic E-state index is 0.0278. The molecule has 0 spiro atoms. The zero-order valence-electron chi connectivity index (χ0n) is 18.3. The van der Waals surface area contributed by atoms with Gasteiger partial charge in [-0.15, -0.1) is 0 Å². The Labute approximate surface area is 183 Å². The van der Waals surface area contributed by atoms with Crippen molar-refractivity contribution in [3.8, 4) is 5.75 Å². The van der Waals surface area contributed by atoms with Gasteiger partial charge >= 0.3 is 0 Å². The summed E-state index contributed by atoms with van der Waals surface area (Å²) in [5.41, 5.74) is 14.2. The molecule has 0 unspecified atom stereocenters. The molecule has 1 aliphatic rings. The van der Waals surface area contributed by atoms with Gasteiger partial charge in [-0.25, -0.2) is 0 Å². The van der Waals surface area contributed by atoms with Crippen molar-refractivity contribution in [2.75, 3.05) is 7.05 Å². The normalized spacial score (nSPS) is 19.8. The molecule has 30 heavy (non-hydrogen) atoms. The Morgan fingerprint density at radius 1 is 1.20 bits per heavy atom. The highest BCUT2D eigenvalue weighted by atomic mass is 35.5. The van der Waals surface area contributed by atoms with Gasteiger partial charge in [0, 0.05) is 53.1 Å². The van der Waals surface area contributed by atoms with E-state index in [0.717, 1.165) is 18.2 Å². The van der Waals surface area contributed by atoms with Gasteiger partial charge < -0.3 is 26.8 Å². The number of allylic oxidation sites excluding steroid dienone is 2. The summed E-state index contributed by atoms with van der Waals surface area (Å²) < 4.78 is 0. The van der Waals surface area contributed by atoms with Crippen LogP contribution in [0.4, 0.5) is 0 Å². The number of nitrogens with two attached hydrogens (primary N) is 2. The van der Waals surface area contributed by atoms with Gasteiger partial charge in [0.1, 0.15) is 5.75 Å². The number of nitrogens with one attached hydrogen (secondary N) is 1. The number of fused-ring (bicyclic) bond motifs is 1. The van der Waals surface area contributed by atoms with Gasteiger partial charge in [-0.2, -0.15) is 0 Å². The number of aromatic hydroxyl groups is 1. The number of pyridine rings is 1. The number of hydrogen-bond donors (Lipinski definition) is 4. The summed E-state index contributed by atoms with van der Waals surface area (Å²) in [5, 5.41) is 15.4. The lowest BCUT2D eigenvalue weighted by atomic mass is 9.79. The van der Waals surface area contributed by atoms with Crippen molar-refractivity contribution in [1.82, 2.24) is 15.2 Å². The third kappa shape index (κ3) is 4.82. The third-order valence-electron chi connectivity index (χ3n) is 5.67. The van der Waals surface area contributed by atoms with E-state index in [1.807, 2.05) is 7.05 Å². The van der Waals surface area contributed by atoms with Crippen molar-refractivity contribution in [2.24, 2.45) is 11.5 Å². The number of phenolic OH excluding ortho intramolecular Hbond substituents is 1. The number of phenols is 1. The first-order valence-electron chi connectivity index (χ1n) is 10.1. The van der Waals surface area contributed by atoms with Crippen molar-refractivity contribution >= 4 is 28.2 Å². The molecule has 7 heteroatoms. The largest absolute Gasteiger partial charge is 0.507 e. The SMILES string of the molecule is CN(/C(N)=C/C=C(\N)c1cc2c(Cl)ccnc2cc1O)C1CC(C)(C)NC(C)(C)C1. The lowest BCUT2D eigenvalue weighted by Gasteiger charge is -2.49. The van der Waals surface area contributed by atoms with Crippen LogP contribution in [0.15, 0.2) is 42.4 Å². The van der Waals surface area contributed by atoms with E-state index < -0.39 is 0 Å². The Bertz CT molecular complexity index is 996. The lowest BCUT2D eigenvalue weighted by Crippen LogP contribution is -2.61. The molecule has 162 valence electrons. The smallest absolute Gasteiger partial charge is 0.127 e. The molecular formula is C23H32ClN5O. The molecule has 0 aliphatic carbocycles. The Hall–Kier alpha value is -2.44. The topological polar surface area (TPSA) is 100 Å². The number of hydrogen-bond acceptors (Lipinski definition) is 6. The molecule has 6 N–H and O–H groups in total. The van der Waals surface area contributed by atoms with Gasteiger partial charge in [-0.3, -0.25) is 4.98 Å². The highest BCUT2D eigenvalue weighted by molar-refractivity contribution is 6.35. The molecule has 1 aromatic heterocycles. The molecule has 2 heterocycles. The quantitative estimate of drug-likeness (QED) is 0.549. The van der Waals surface area contributed by atoms with Crippen LogP contribution >= 0.6 is 11.6 Å². The van der Waals surface area contributed by atoms with Crippen molar-refractivity contribution < 1.29 is 5.11 Å². The van der Waals surface area contributed by atoms with E-state index in [1.54, 1.807) is 36.5 Å². The van der Waals surface area contributed by atoms with Crippen LogP contribution in [0.1, 0.15) is 46.1 Å². The molecule has 1 aliphatic heterocycles. The van der Waals surface area contributed by atoms with Crippen LogP contribution in [0.3, 0.4) is 0 Å². The first-order valence-corrected chi connectivity index (χ1v) is 10.5. The maximum absolute atomic E-state index is 10.4. The maximum atomic E-state index is 10.4. The van der Waals surface area contributed by atoms with E-state index in [9.17, 15) is 5.11 Å². The first-order chi connectivity index (χ1) is 13.9. The van der Waals surface area contributed by atoms with Gasteiger partial charge in [-0.05, 0) is 64.8 Å². The summed E-state index contributed by atoms with van der Waals surface area (Å²) in [7, 11) is 2.01. The summed E-state index contributed by atoms with van der Waals surface area (Å²) in [4.78, 5) is 6.33. The lowest BCUT2D eigenvalue weighted by molar-refractivity contribution is 0.0981. The summed E-state index contributed by atoms with van der Waals surface area (Å²) >= 11 is 6.26. The van der Waals surface area contributed by atoms with Crippen LogP contribution in [0.25, 0.3) is 16.6 Å². The Morgan fingerprint density at radius 2 is 1.83 bits per heavy atom. The highest BCUT2D eigenvalue weighted by Crippen LogP contribution is 2.33. The monoisotopic (exact) mass is 429 g/mol. The van der Waals surface area contributed by atoms with E-state index in [4.69, 9.17) is 23.1 Å². The minimum atomic E-state index is 0.0278. The van der Waals surface area contributed by atoms with Crippen molar-refractivity contribution in [3.05, 3.63) is 53.0 Å². The predicted octanol–water partition coefficient (Wildman–Crippen LogP) is 3.93. The van der Waals surface area contributed by atoms with Crippen LogP contribution in [-0.2, 0) is 0 Å². The molecule has 2 aromatic rings. The summed E-state index contributed by atoms with van der Waals surface area (Å²) in [6, 6.07) is 5.33. The molecule has 6 nitrogen and oxygen atoms in total.